The average molecular weight is 559 g/mol. The topological polar surface area (TPSA) is 178 Å². The summed E-state index contributed by atoms with van der Waals surface area (Å²) < 4.78 is 26.9. The van der Waals surface area contributed by atoms with Gasteiger partial charge in [0.25, 0.3) is 5.56 Å². The summed E-state index contributed by atoms with van der Waals surface area (Å²) in [7, 11) is 0. The monoisotopic (exact) mass is 558 g/mol. The molecule has 15 heteroatoms. The van der Waals surface area contributed by atoms with Gasteiger partial charge in [-0.15, -0.1) is 0 Å². The van der Waals surface area contributed by atoms with Crippen molar-refractivity contribution in [2.75, 3.05) is 38.9 Å². The van der Waals surface area contributed by atoms with Crippen molar-refractivity contribution in [1.29, 1.82) is 0 Å². The van der Waals surface area contributed by atoms with Crippen LogP contribution in [-0.2, 0) is 18.9 Å². The quantitative estimate of drug-likeness (QED) is 0.268. The van der Waals surface area contributed by atoms with Crippen LogP contribution in [0.25, 0.3) is 0 Å². The van der Waals surface area contributed by atoms with Crippen LogP contribution in [0.3, 0.4) is 0 Å². The first kappa shape index (κ1) is 28.2. The van der Waals surface area contributed by atoms with Crippen LogP contribution in [-0.4, -0.2) is 123 Å². The zero-order valence-corrected chi connectivity index (χ0v) is 21.8. The first-order valence-corrected chi connectivity index (χ1v) is 14.0. The molecule has 0 bridgehead atoms. The average Bonchev–Trinajstić information content (AvgIpc) is 3.67. The molecule has 4 N–H and O–H groups in total. The molecule has 204 valence electrons. The van der Waals surface area contributed by atoms with Crippen LogP contribution in [0.5, 0.6) is 5.88 Å². The number of fused-ring (bicyclic) bond motifs is 2. The minimum absolute atomic E-state index is 0.102. The van der Waals surface area contributed by atoms with Gasteiger partial charge in [-0.05, 0) is 12.5 Å². The molecule has 13 nitrogen and oxygen atoms in total. The van der Waals surface area contributed by atoms with E-state index in [-0.39, 0.29) is 49.3 Å². The second kappa shape index (κ2) is 13.3. The van der Waals surface area contributed by atoms with Gasteiger partial charge in [-0.2, -0.15) is 4.98 Å². The molecule has 8 atom stereocenters. The van der Waals surface area contributed by atoms with Crippen LogP contribution in [0.2, 0.25) is 0 Å². The molecule has 0 aliphatic carbocycles. The molecular formula is C22H30N4O9S2. The summed E-state index contributed by atoms with van der Waals surface area (Å²) in [6.45, 7) is 1.28. The number of nitrogens with one attached hydrogen (secondary N) is 1. The molecule has 6 rings (SSSR count). The van der Waals surface area contributed by atoms with Crippen molar-refractivity contribution in [3.63, 3.8) is 0 Å². The predicted molar refractivity (Wildman–Crippen MR) is 132 cm³/mol. The Morgan fingerprint density at radius 3 is 1.97 bits per heavy atom. The van der Waals surface area contributed by atoms with Gasteiger partial charge in [0.15, 0.2) is 16.4 Å². The van der Waals surface area contributed by atoms with Gasteiger partial charge >= 0.3 is 0 Å². The summed E-state index contributed by atoms with van der Waals surface area (Å²) in [6.07, 6.45) is 3.94. The Morgan fingerprint density at radius 1 is 0.838 bits per heavy atom. The van der Waals surface area contributed by atoms with Gasteiger partial charge in [0.1, 0.15) is 42.7 Å². The molecule has 0 saturated carbocycles. The summed E-state index contributed by atoms with van der Waals surface area (Å²) in [6, 6.07) is 3.10. The standard InChI is InChI=1S/C11H14N2O4S.C6H10O4.C5H6N2OS/c1-18-11-12-3-2-8(13-11)17-7-5-16-9-6(14)4-15-10(7)9;7-3-1-9-6-4(8)2-10-5(3)6;1-9-5-6-3-2-4(8)7-5/h2-3,6-7,9-10,14H,4-5H2,1H3;3-8H,1-2H2;2-3H,1H3,(H,6,7,8)/t6-,7-,9+,10+;3-,4+,5-,6-;/m01./s1. The first-order chi connectivity index (χ1) is 17.9. The Balaban J connectivity index is 0.000000143. The van der Waals surface area contributed by atoms with Gasteiger partial charge < -0.3 is 44.0 Å². The summed E-state index contributed by atoms with van der Waals surface area (Å²) in [5.41, 5.74) is -0.102. The number of aliphatic hydroxyl groups excluding tert-OH is 3. The summed E-state index contributed by atoms with van der Waals surface area (Å²) in [5, 5.41) is 29.3. The van der Waals surface area contributed by atoms with E-state index in [4.69, 9.17) is 33.9 Å². The van der Waals surface area contributed by atoms with Crippen LogP contribution >= 0.6 is 23.5 Å². The molecule has 0 radical (unpaired) electrons. The number of hydrogen-bond donors (Lipinski definition) is 4. The van der Waals surface area contributed by atoms with E-state index in [0.717, 1.165) is 0 Å². The van der Waals surface area contributed by atoms with Crippen LogP contribution in [0.1, 0.15) is 0 Å². The molecule has 4 saturated heterocycles. The molecule has 37 heavy (non-hydrogen) atoms. The van der Waals surface area contributed by atoms with Gasteiger partial charge in [-0.25, -0.2) is 9.97 Å². The van der Waals surface area contributed by atoms with E-state index in [1.54, 1.807) is 12.3 Å². The van der Waals surface area contributed by atoms with Crippen molar-refractivity contribution in [3.05, 3.63) is 34.9 Å². The van der Waals surface area contributed by atoms with Gasteiger partial charge in [0.2, 0.25) is 5.88 Å². The number of aromatic nitrogens is 4. The van der Waals surface area contributed by atoms with E-state index in [9.17, 15) is 9.90 Å². The lowest BCUT2D eigenvalue weighted by atomic mass is 10.1. The number of thioether (sulfide) groups is 2. The SMILES string of the molecule is CSc1nccc(=O)[nH]1.CSc1nccc(O[C@H]2CO[C@H]3[C@@H]2OC[C@@H]3O)n1.O[C@@H]1CO[C@H]2[C@@H]1OC[C@@H]2O. The van der Waals surface area contributed by atoms with Gasteiger partial charge in [-0.1, -0.05) is 23.5 Å². The van der Waals surface area contributed by atoms with E-state index in [1.807, 2.05) is 12.5 Å². The maximum Gasteiger partial charge on any atom is 0.251 e. The third-order valence-electron chi connectivity index (χ3n) is 5.89. The van der Waals surface area contributed by atoms with E-state index in [0.29, 0.717) is 29.4 Å². The van der Waals surface area contributed by atoms with E-state index in [1.165, 1.54) is 35.8 Å². The third-order valence-corrected chi connectivity index (χ3v) is 7.04. The Bertz CT molecular complexity index is 1050. The largest absolute Gasteiger partial charge is 0.469 e. The summed E-state index contributed by atoms with van der Waals surface area (Å²) in [5.74, 6) is 0.508. The van der Waals surface area contributed by atoms with Gasteiger partial charge in [0, 0.05) is 24.5 Å². The molecule has 0 amide bonds. The fraction of sp³-hybridized carbons (Fsp3) is 0.636. The molecule has 2 aromatic rings. The normalized spacial score (nSPS) is 33.5. The van der Waals surface area contributed by atoms with Crippen molar-refractivity contribution in [3.8, 4) is 5.88 Å². The lowest BCUT2D eigenvalue weighted by Crippen LogP contribution is -2.34. The third kappa shape index (κ3) is 7.19. The molecule has 4 aliphatic rings. The lowest BCUT2D eigenvalue weighted by molar-refractivity contribution is 0.00205. The van der Waals surface area contributed by atoms with E-state index < -0.39 is 18.3 Å². The minimum atomic E-state index is -0.559. The number of aliphatic hydroxyl groups is 3. The Morgan fingerprint density at radius 2 is 1.41 bits per heavy atom. The first-order valence-electron chi connectivity index (χ1n) is 11.5. The number of nitrogens with zero attached hydrogens (tertiary/aromatic N) is 3. The smallest absolute Gasteiger partial charge is 0.251 e. The maximum atomic E-state index is 10.5. The highest BCUT2D eigenvalue weighted by Crippen LogP contribution is 2.29. The fourth-order valence-corrected chi connectivity index (χ4v) is 4.82. The zero-order chi connectivity index (χ0) is 26.4. The molecule has 2 aromatic heterocycles. The van der Waals surface area contributed by atoms with E-state index in [2.05, 4.69) is 19.9 Å². The van der Waals surface area contributed by atoms with Crippen molar-refractivity contribution in [2.45, 2.75) is 59.1 Å². The number of rotatable bonds is 4. The minimum Gasteiger partial charge on any atom is -0.469 e. The maximum absolute atomic E-state index is 10.5. The molecule has 0 unspecified atom stereocenters. The van der Waals surface area contributed by atoms with Crippen LogP contribution < -0.4 is 10.3 Å². The summed E-state index contributed by atoms with van der Waals surface area (Å²) >= 11 is 2.87. The van der Waals surface area contributed by atoms with Crippen molar-refractivity contribution >= 4 is 23.5 Å². The van der Waals surface area contributed by atoms with Crippen molar-refractivity contribution in [1.82, 2.24) is 19.9 Å². The van der Waals surface area contributed by atoms with E-state index >= 15 is 0 Å². The molecule has 4 aliphatic heterocycles. The van der Waals surface area contributed by atoms with Crippen LogP contribution in [0.15, 0.2) is 39.6 Å². The molecule has 0 spiro atoms. The van der Waals surface area contributed by atoms with Crippen molar-refractivity contribution < 1.29 is 39.0 Å². The Hall–Kier alpha value is -1.82. The van der Waals surface area contributed by atoms with Crippen LogP contribution in [0.4, 0.5) is 0 Å². The second-order valence-corrected chi connectivity index (χ2v) is 9.94. The highest BCUT2D eigenvalue weighted by molar-refractivity contribution is 7.98. The number of H-pyrrole nitrogens is 1. The molecular weight excluding hydrogens is 528 g/mol. The van der Waals surface area contributed by atoms with Gasteiger partial charge in [-0.3, -0.25) is 4.79 Å². The Labute approximate surface area is 221 Å². The number of aromatic amines is 1. The molecule has 0 aromatic carbocycles. The number of hydrogen-bond acceptors (Lipinski definition) is 14. The highest BCUT2D eigenvalue weighted by atomic mass is 32.2. The Kier molecular flexibility index (Phi) is 10.1. The van der Waals surface area contributed by atoms with Crippen molar-refractivity contribution in [2.24, 2.45) is 0 Å². The lowest BCUT2D eigenvalue weighted by Gasteiger charge is -2.17. The summed E-state index contributed by atoms with van der Waals surface area (Å²) in [4.78, 5) is 25.3. The molecule has 6 heterocycles. The van der Waals surface area contributed by atoms with Crippen LogP contribution in [0, 0.1) is 0 Å². The number of ether oxygens (including phenoxy) is 5. The fourth-order valence-electron chi connectivity index (χ4n) is 4.10. The zero-order valence-electron chi connectivity index (χ0n) is 20.2. The van der Waals surface area contributed by atoms with Gasteiger partial charge in [0.05, 0.1) is 26.4 Å². The highest BCUT2D eigenvalue weighted by Gasteiger charge is 2.48. The second-order valence-electron chi connectivity index (χ2n) is 8.38. The molecule has 4 fully saturated rings. The predicted octanol–water partition coefficient (Wildman–Crippen LogP) is -0.898.